The second-order valence-corrected chi connectivity index (χ2v) is 1.94. The van der Waals surface area contributed by atoms with Crippen molar-refractivity contribution in [1.29, 1.82) is 0 Å². The van der Waals surface area contributed by atoms with Crippen molar-refractivity contribution in [2.45, 2.75) is 13.5 Å². The molecule has 1 heterocycles. The quantitative estimate of drug-likeness (QED) is 0.360. The third kappa shape index (κ3) is 1.54. The highest BCUT2D eigenvalue weighted by atomic mass is 16.4. The van der Waals surface area contributed by atoms with Crippen molar-refractivity contribution >= 4 is 5.71 Å². The molecule has 0 aromatic carbocycles. The number of rotatable bonds is 2. The van der Waals surface area contributed by atoms with Gasteiger partial charge in [-0.15, -0.1) is 5.10 Å². The van der Waals surface area contributed by atoms with Crippen LogP contribution >= 0.6 is 0 Å². The standard InChI is InChI=1S/C5H8N4O/c1-5(7-10)4-9-3-2-6-8-9/h2-3,10H,4H2,1H3/b7-5+. The van der Waals surface area contributed by atoms with Crippen LogP contribution < -0.4 is 0 Å². The summed E-state index contributed by atoms with van der Waals surface area (Å²) in [6.07, 6.45) is 3.28. The van der Waals surface area contributed by atoms with Crippen molar-refractivity contribution in [2.75, 3.05) is 0 Å². The van der Waals surface area contributed by atoms with Gasteiger partial charge in [-0.05, 0) is 6.92 Å². The van der Waals surface area contributed by atoms with Gasteiger partial charge in [-0.25, -0.2) is 4.68 Å². The lowest BCUT2D eigenvalue weighted by Crippen LogP contribution is -2.07. The fraction of sp³-hybridized carbons (Fsp3) is 0.400. The Morgan fingerprint density at radius 3 is 3.10 bits per heavy atom. The van der Waals surface area contributed by atoms with Gasteiger partial charge in [0.1, 0.15) is 0 Å². The monoisotopic (exact) mass is 140 g/mol. The third-order valence-corrected chi connectivity index (χ3v) is 1.03. The third-order valence-electron chi connectivity index (χ3n) is 1.03. The lowest BCUT2D eigenvalue weighted by atomic mass is 10.4. The smallest absolute Gasteiger partial charge is 0.0840 e. The van der Waals surface area contributed by atoms with Crippen LogP contribution in [0.3, 0.4) is 0 Å². The Morgan fingerprint density at radius 1 is 1.80 bits per heavy atom. The summed E-state index contributed by atoms with van der Waals surface area (Å²) in [7, 11) is 0. The Morgan fingerprint density at radius 2 is 2.60 bits per heavy atom. The van der Waals surface area contributed by atoms with Gasteiger partial charge in [0.2, 0.25) is 0 Å². The van der Waals surface area contributed by atoms with Crippen LogP contribution in [-0.4, -0.2) is 25.9 Å². The summed E-state index contributed by atoms with van der Waals surface area (Å²) >= 11 is 0. The predicted molar refractivity (Wildman–Crippen MR) is 34.9 cm³/mol. The normalized spacial score (nSPS) is 11.9. The molecule has 1 aromatic heterocycles. The zero-order chi connectivity index (χ0) is 7.40. The average Bonchev–Trinajstić information content (AvgIpc) is 2.40. The van der Waals surface area contributed by atoms with E-state index in [1.54, 1.807) is 24.0 Å². The van der Waals surface area contributed by atoms with E-state index in [1.807, 2.05) is 0 Å². The fourth-order valence-corrected chi connectivity index (χ4v) is 0.583. The molecule has 1 aromatic rings. The predicted octanol–water partition coefficient (Wildman–Crippen LogP) is 0.128. The molecular weight excluding hydrogens is 132 g/mol. The second-order valence-electron chi connectivity index (χ2n) is 1.94. The molecule has 5 nitrogen and oxygen atoms in total. The van der Waals surface area contributed by atoms with Gasteiger partial charge in [0.05, 0.1) is 18.5 Å². The van der Waals surface area contributed by atoms with Gasteiger partial charge in [0.15, 0.2) is 0 Å². The number of oxime groups is 1. The van der Waals surface area contributed by atoms with Gasteiger partial charge in [-0.1, -0.05) is 10.4 Å². The molecule has 1 N–H and O–H groups in total. The Labute approximate surface area is 58.0 Å². The van der Waals surface area contributed by atoms with Gasteiger partial charge >= 0.3 is 0 Å². The molecule has 0 aliphatic rings. The summed E-state index contributed by atoms with van der Waals surface area (Å²) in [5.41, 5.74) is 0.602. The zero-order valence-corrected chi connectivity index (χ0v) is 5.60. The topological polar surface area (TPSA) is 63.3 Å². The van der Waals surface area contributed by atoms with E-state index in [1.165, 1.54) is 0 Å². The minimum Gasteiger partial charge on any atom is -0.411 e. The van der Waals surface area contributed by atoms with Crippen molar-refractivity contribution in [3.63, 3.8) is 0 Å². The maximum atomic E-state index is 8.26. The fourth-order valence-electron chi connectivity index (χ4n) is 0.583. The van der Waals surface area contributed by atoms with E-state index < -0.39 is 0 Å². The van der Waals surface area contributed by atoms with E-state index in [4.69, 9.17) is 5.21 Å². The van der Waals surface area contributed by atoms with Gasteiger partial charge in [-0.3, -0.25) is 0 Å². The van der Waals surface area contributed by atoms with E-state index in [9.17, 15) is 0 Å². The number of hydrogen-bond donors (Lipinski definition) is 1. The summed E-state index contributed by atoms with van der Waals surface area (Å²) in [6, 6.07) is 0. The van der Waals surface area contributed by atoms with Crippen LogP contribution in [0.15, 0.2) is 17.5 Å². The van der Waals surface area contributed by atoms with E-state index in [-0.39, 0.29) is 0 Å². The highest BCUT2D eigenvalue weighted by molar-refractivity contribution is 5.80. The highest BCUT2D eigenvalue weighted by Gasteiger charge is 1.93. The van der Waals surface area contributed by atoms with Crippen molar-refractivity contribution in [3.05, 3.63) is 12.4 Å². The minimum absolute atomic E-state index is 0.483. The number of nitrogens with zero attached hydrogens (tertiary/aromatic N) is 4. The molecule has 0 spiro atoms. The molecule has 0 bridgehead atoms. The van der Waals surface area contributed by atoms with Crippen LogP contribution in [0, 0.1) is 0 Å². The maximum absolute atomic E-state index is 8.26. The largest absolute Gasteiger partial charge is 0.411 e. The molecule has 0 radical (unpaired) electrons. The lowest BCUT2D eigenvalue weighted by molar-refractivity contribution is 0.316. The number of aromatic nitrogens is 3. The van der Waals surface area contributed by atoms with Crippen molar-refractivity contribution < 1.29 is 5.21 Å². The van der Waals surface area contributed by atoms with Crippen molar-refractivity contribution in [1.82, 2.24) is 15.0 Å². The van der Waals surface area contributed by atoms with Crippen LogP contribution in [0.2, 0.25) is 0 Å². The summed E-state index contributed by atoms with van der Waals surface area (Å²) < 4.78 is 1.58. The first-order chi connectivity index (χ1) is 4.83. The summed E-state index contributed by atoms with van der Waals surface area (Å²) in [4.78, 5) is 0. The molecular formula is C5H8N4O. The Kier molecular flexibility index (Phi) is 1.99. The molecule has 0 saturated heterocycles. The molecule has 0 amide bonds. The highest BCUT2D eigenvalue weighted by Crippen LogP contribution is 1.83. The van der Waals surface area contributed by atoms with Crippen LogP contribution in [0.1, 0.15) is 6.92 Å². The first-order valence-corrected chi connectivity index (χ1v) is 2.84. The minimum atomic E-state index is 0.483. The summed E-state index contributed by atoms with van der Waals surface area (Å²) in [6.45, 7) is 2.19. The van der Waals surface area contributed by atoms with Crippen LogP contribution in [0.5, 0.6) is 0 Å². The molecule has 1 rings (SSSR count). The molecule has 0 unspecified atom stereocenters. The van der Waals surface area contributed by atoms with Crippen LogP contribution in [0.25, 0.3) is 0 Å². The molecule has 0 saturated carbocycles. The van der Waals surface area contributed by atoms with Gasteiger partial charge in [0.25, 0.3) is 0 Å². The van der Waals surface area contributed by atoms with Gasteiger partial charge in [-0.2, -0.15) is 0 Å². The molecule has 10 heavy (non-hydrogen) atoms. The first-order valence-electron chi connectivity index (χ1n) is 2.84. The Hall–Kier alpha value is -1.39. The van der Waals surface area contributed by atoms with Crippen molar-refractivity contribution in [2.24, 2.45) is 5.16 Å². The molecule has 0 aliphatic carbocycles. The van der Waals surface area contributed by atoms with Gasteiger partial charge in [0, 0.05) is 6.20 Å². The molecule has 0 aliphatic heterocycles. The molecule has 54 valence electrons. The number of hydrogen-bond acceptors (Lipinski definition) is 4. The summed E-state index contributed by atoms with van der Waals surface area (Å²) in [5.74, 6) is 0. The SMILES string of the molecule is C/C(Cn1ccnn1)=N\O. The maximum Gasteiger partial charge on any atom is 0.0840 e. The van der Waals surface area contributed by atoms with Crippen LogP contribution in [-0.2, 0) is 6.54 Å². The Bertz CT molecular complexity index is 216. The first kappa shape index (κ1) is 6.73. The van der Waals surface area contributed by atoms with E-state index in [0.717, 1.165) is 0 Å². The van der Waals surface area contributed by atoms with Crippen LogP contribution in [0.4, 0.5) is 0 Å². The zero-order valence-electron chi connectivity index (χ0n) is 5.60. The second kappa shape index (κ2) is 2.95. The average molecular weight is 140 g/mol. The molecule has 0 atom stereocenters. The summed E-state index contributed by atoms with van der Waals surface area (Å²) in [5, 5.41) is 18.5. The molecule has 0 fully saturated rings. The van der Waals surface area contributed by atoms with Crippen molar-refractivity contribution in [3.8, 4) is 0 Å². The molecule has 5 heteroatoms. The lowest BCUT2D eigenvalue weighted by Gasteiger charge is -1.94. The van der Waals surface area contributed by atoms with E-state index >= 15 is 0 Å². The van der Waals surface area contributed by atoms with Gasteiger partial charge < -0.3 is 5.21 Å². The van der Waals surface area contributed by atoms with E-state index in [0.29, 0.717) is 12.3 Å². The Balaban J connectivity index is 2.56. The van der Waals surface area contributed by atoms with E-state index in [2.05, 4.69) is 15.5 Å².